The molecule has 2 N–H and O–H groups in total. The Balaban J connectivity index is 1.62. The molecular formula is C16H20N2O4. The normalized spacial score (nSPS) is 24.4. The molecule has 6 heteroatoms. The maximum absolute atomic E-state index is 12.3. The fourth-order valence-corrected chi connectivity index (χ4v) is 3.21. The molecule has 1 aromatic carbocycles. The molecule has 118 valence electrons. The zero-order valence-corrected chi connectivity index (χ0v) is 12.3. The van der Waals surface area contributed by atoms with Gasteiger partial charge in [-0.2, -0.15) is 0 Å². The van der Waals surface area contributed by atoms with Crippen molar-refractivity contribution in [3.05, 3.63) is 29.8 Å². The first-order chi connectivity index (χ1) is 10.6. The predicted octanol–water partition coefficient (Wildman–Crippen LogP) is 1.18. The molecule has 2 aliphatic heterocycles. The van der Waals surface area contributed by atoms with E-state index in [4.69, 9.17) is 9.84 Å². The number of carboxylic acid groups (broad SMARTS) is 1. The topological polar surface area (TPSA) is 78.9 Å². The molecular weight excluding hydrogens is 284 g/mol. The van der Waals surface area contributed by atoms with Gasteiger partial charge in [-0.1, -0.05) is 18.2 Å². The second kappa shape index (κ2) is 6.36. The van der Waals surface area contributed by atoms with E-state index in [0.29, 0.717) is 19.6 Å². The van der Waals surface area contributed by atoms with Gasteiger partial charge in [-0.05, 0) is 25.5 Å². The molecule has 0 aromatic heterocycles. The molecule has 0 saturated carbocycles. The largest absolute Gasteiger partial charge is 0.493 e. The Labute approximate surface area is 129 Å². The molecule has 6 nitrogen and oxygen atoms in total. The van der Waals surface area contributed by atoms with Crippen LogP contribution in [0.3, 0.4) is 0 Å². The number of carbonyl (C=O) groups excluding carboxylic acids is 1. The smallest absolute Gasteiger partial charge is 0.320 e. The Morgan fingerprint density at radius 3 is 2.95 bits per heavy atom. The molecule has 0 aliphatic carbocycles. The molecule has 0 unspecified atom stereocenters. The van der Waals surface area contributed by atoms with Gasteiger partial charge in [-0.15, -0.1) is 0 Å². The van der Waals surface area contributed by atoms with Crippen molar-refractivity contribution >= 4 is 11.9 Å². The van der Waals surface area contributed by atoms with E-state index in [9.17, 15) is 9.59 Å². The van der Waals surface area contributed by atoms with E-state index in [0.717, 1.165) is 24.2 Å². The average molecular weight is 304 g/mol. The van der Waals surface area contributed by atoms with Crippen molar-refractivity contribution in [2.75, 3.05) is 19.7 Å². The Morgan fingerprint density at radius 1 is 1.32 bits per heavy atom. The van der Waals surface area contributed by atoms with Crippen LogP contribution in [0.1, 0.15) is 30.9 Å². The Morgan fingerprint density at radius 2 is 2.14 bits per heavy atom. The molecule has 0 spiro atoms. The third-order valence-corrected chi connectivity index (χ3v) is 4.29. The number of hydrogen-bond acceptors (Lipinski definition) is 4. The molecule has 22 heavy (non-hydrogen) atoms. The molecule has 2 aliphatic rings. The molecule has 0 radical (unpaired) electrons. The van der Waals surface area contributed by atoms with Crippen molar-refractivity contribution in [3.8, 4) is 5.75 Å². The van der Waals surface area contributed by atoms with Gasteiger partial charge in [-0.3, -0.25) is 14.5 Å². The number of ether oxygens (including phenoxy) is 1. The lowest BCUT2D eigenvalue weighted by atomic mass is 10.0. The maximum Gasteiger partial charge on any atom is 0.320 e. The van der Waals surface area contributed by atoms with Gasteiger partial charge < -0.3 is 15.2 Å². The number of benzene rings is 1. The van der Waals surface area contributed by atoms with Crippen LogP contribution in [0.15, 0.2) is 24.3 Å². The summed E-state index contributed by atoms with van der Waals surface area (Å²) in [5.41, 5.74) is 0.985. The Bertz CT molecular complexity index is 575. The van der Waals surface area contributed by atoms with Gasteiger partial charge in [-0.25, -0.2) is 0 Å². The maximum atomic E-state index is 12.3. The fourth-order valence-electron chi connectivity index (χ4n) is 3.21. The molecule has 0 bridgehead atoms. The van der Waals surface area contributed by atoms with Crippen LogP contribution in [0.5, 0.6) is 5.75 Å². The van der Waals surface area contributed by atoms with Crippen LogP contribution in [-0.2, 0) is 9.59 Å². The number of carboxylic acids is 1. The lowest BCUT2D eigenvalue weighted by molar-refractivity contribution is -0.142. The molecule has 1 aromatic rings. The zero-order valence-electron chi connectivity index (χ0n) is 12.3. The quantitative estimate of drug-likeness (QED) is 0.873. The third kappa shape index (κ3) is 3.06. The molecule has 1 amide bonds. The van der Waals surface area contributed by atoms with Crippen molar-refractivity contribution in [1.82, 2.24) is 10.2 Å². The standard InChI is InChI=1S/C16H20N2O4/c19-15(10-18-8-3-5-13(18)16(20)21)17-12-7-9-22-14-6-2-1-4-11(12)14/h1-2,4,6,12-13H,3,5,7-10H2,(H,17,19)(H,20,21)/t12-,13+/m0/s1. The average Bonchev–Trinajstić information content (AvgIpc) is 2.96. The first-order valence-electron chi connectivity index (χ1n) is 7.63. The van der Waals surface area contributed by atoms with E-state index in [1.54, 1.807) is 4.90 Å². The number of rotatable bonds is 4. The van der Waals surface area contributed by atoms with Crippen molar-refractivity contribution in [1.29, 1.82) is 0 Å². The van der Waals surface area contributed by atoms with E-state index < -0.39 is 12.0 Å². The minimum absolute atomic E-state index is 0.0664. The van der Waals surface area contributed by atoms with E-state index in [-0.39, 0.29) is 18.5 Å². The van der Waals surface area contributed by atoms with E-state index in [2.05, 4.69) is 5.32 Å². The van der Waals surface area contributed by atoms with Gasteiger partial charge >= 0.3 is 5.97 Å². The number of amides is 1. The summed E-state index contributed by atoms with van der Waals surface area (Å²) in [7, 11) is 0. The predicted molar refractivity (Wildman–Crippen MR) is 79.7 cm³/mol. The van der Waals surface area contributed by atoms with Crippen molar-refractivity contribution in [3.63, 3.8) is 0 Å². The lowest BCUT2D eigenvalue weighted by Crippen LogP contribution is -2.44. The van der Waals surface area contributed by atoms with Crippen molar-refractivity contribution in [2.45, 2.75) is 31.3 Å². The summed E-state index contributed by atoms with van der Waals surface area (Å²) in [4.78, 5) is 25.2. The van der Waals surface area contributed by atoms with Gasteiger partial charge in [0.05, 0.1) is 19.2 Å². The van der Waals surface area contributed by atoms with Crippen LogP contribution < -0.4 is 10.1 Å². The van der Waals surface area contributed by atoms with E-state index in [1.807, 2.05) is 24.3 Å². The Kier molecular flexibility index (Phi) is 4.29. The highest BCUT2D eigenvalue weighted by Gasteiger charge is 2.32. The van der Waals surface area contributed by atoms with Gasteiger partial charge in [0, 0.05) is 12.0 Å². The summed E-state index contributed by atoms with van der Waals surface area (Å²) >= 11 is 0. The summed E-state index contributed by atoms with van der Waals surface area (Å²) in [6.45, 7) is 1.37. The van der Waals surface area contributed by atoms with Crippen molar-refractivity contribution < 1.29 is 19.4 Å². The van der Waals surface area contributed by atoms with Crippen LogP contribution in [0.2, 0.25) is 0 Å². The summed E-state index contributed by atoms with van der Waals surface area (Å²) in [5, 5.41) is 12.2. The molecule has 1 fully saturated rings. The lowest BCUT2D eigenvalue weighted by Gasteiger charge is -2.28. The number of aliphatic carboxylic acids is 1. The Hall–Kier alpha value is -2.08. The second-order valence-electron chi connectivity index (χ2n) is 5.76. The highest BCUT2D eigenvalue weighted by molar-refractivity contribution is 5.80. The van der Waals surface area contributed by atoms with Crippen molar-refractivity contribution in [2.24, 2.45) is 0 Å². The van der Waals surface area contributed by atoms with Gasteiger partial charge in [0.2, 0.25) is 5.91 Å². The van der Waals surface area contributed by atoms with Crippen LogP contribution in [-0.4, -0.2) is 47.6 Å². The summed E-state index contributed by atoms with van der Waals surface area (Å²) in [5.74, 6) is -0.166. The minimum atomic E-state index is -0.846. The second-order valence-corrected chi connectivity index (χ2v) is 5.76. The zero-order chi connectivity index (χ0) is 15.5. The summed E-state index contributed by atoms with van der Waals surface area (Å²) in [6.07, 6.45) is 2.16. The first-order valence-corrected chi connectivity index (χ1v) is 7.63. The van der Waals surface area contributed by atoms with Crippen LogP contribution in [0, 0.1) is 0 Å². The molecule has 1 saturated heterocycles. The number of carbonyl (C=O) groups is 2. The fraction of sp³-hybridized carbons (Fsp3) is 0.500. The van der Waals surface area contributed by atoms with Gasteiger partial charge in [0.15, 0.2) is 0 Å². The molecule has 2 heterocycles. The summed E-state index contributed by atoms with van der Waals surface area (Å²) in [6, 6.07) is 7.08. The number of likely N-dealkylation sites (tertiary alicyclic amines) is 1. The molecule has 2 atom stereocenters. The number of para-hydroxylation sites is 1. The minimum Gasteiger partial charge on any atom is -0.493 e. The summed E-state index contributed by atoms with van der Waals surface area (Å²) < 4.78 is 5.58. The number of hydrogen-bond donors (Lipinski definition) is 2. The van der Waals surface area contributed by atoms with Crippen LogP contribution in [0.4, 0.5) is 0 Å². The van der Waals surface area contributed by atoms with Crippen LogP contribution in [0.25, 0.3) is 0 Å². The number of nitrogens with one attached hydrogen (secondary N) is 1. The van der Waals surface area contributed by atoms with Gasteiger partial charge in [0.1, 0.15) is 11.8 Å². The van der Waals surface area contributed by atoms with E-state index >= 15 is 0 Å². The molecule has 3 rings (SSSR count). The SMILES string of the molecule is O=C(CN1CCC[C@@H]1C(=O)O)N[C@H]1CCOc2ccccc21. The monoisotopic (exact) mass is 304 g/mol. The van der Waals surface area contributed by atoms with E-state index in [1.165, 1.54) is 0 Å². The number of nitrogens with zero attached hydrogens (tertiary/aromatic N) is 1. The number of fused-ring (bicyclic) bond motifs is 1. The highest BCUT2D eigenvalue weighted by Crippen LogP contribution is 2.31. The first kappa shape index (κ1) is 14.8. The van der Waals surface area contributed by atoms with Crippen LogP contribution >= 0.6 is 0 Å². The van der Waals surface area contributed by atoms with Gasteiger partial charge in [0.25, 0.3) is 0 Å². The highest BCUT2D eigenvalue weighted by atomic mass is 16.5. The third-order valence-electron chi connectivity index (χ3n) is 4.29.